The quantitative estimate of drug-likeness (QED) is 0.842. The predicted octanol–water partition coefficient (Wildman–Crippen LogP) is 4.12. The molecule has 1 nitrogen and oxygen atoms in total. The molecule has 0 aromatic heterocycles. The number of rotatable bonds is 2. The molecule has 0 radical (unpaired) electrons. The molecule has 0 saturated carbocycles. The lowest BCUT2D eigenvalue weighted by molar-refractivity contribution is -0.156. The predicted molar refractivity (Wildman–Crippen MR) is 67.7 cm³/mol. The summed E-state index contributed by atoms with van der Waals surface area (Å²) in [5.41, 5.74) is 1.71. The Morgan fingerprint density at radius 1 is 1.11 bits per heavy atom. The fraction of sp³-hybridized carbons (Fsp3) is 0.571. The molecule has 1 aromatic rings. The van der Waals surface area contributed by atoms with Crippen molar-refractivity contribution < 1.29 is 13.2 Å². The Kier molecular flexibility index (Phi) is 4.11. The maximum absolute atomic E-state index is 13.0. The molecule has 1 atom stereocenters. The van der Waals surface area contributed by atoms with Gasteiger partial charge in [-0.3, -0.25) is 0 Å². The molecular formula is C14H20F3N. The number of alkyl halides is 3. The van der Waals surface area contributed by atoms with Gasteiger partial charge in [-0.05, 0) is 36.1 Å². The average Bonchev–Trinajstić information content (AvgIpc) is 2.18. The first kappa shape index (κ1) is 15.0. The van der Waals surface area contributed by atoms with Crippen molar-refractivity contribution >= 4 is 0 Å². The zero-order chi connectivity index (χ0) is 14.1. The van der Waals surface area contributed by atoms with Crippen LogP contribution in [0.1, 0.15) is 43.5 Å². The summed E-state index contributed by atoms with van der Waals surface area (Å²) in [6.07, 6.45) is -4.28. The van der Waals surface area contributed by atoms with Crippen LogP contribution in [0.4, 0.5) is 13.2 Å². The highest BCUT2D eigenvalue weighted by molar-refractivity contribution is 5.37. The van der Waals surface area contributed by atoms with Crippen molar-refractivity contribution in [2.45, 2.75) is 45.3 Å². The first-order valence-corrected chi connectivity index (χ1v) is 5.92. The monoisotopic (exact) mass is 259 g/mol. The highest BCUT2D eigenvalue weighted by Crippen LogP contribution is 2.36. The lowest BCUT2D eigenvalue weighted by atomic mass is 9.84. The van der Waals surface area contributed by atoms with Gasteiger partial charge < -0.3 is 5.32 Å². The molecule has 0 heterocycles. The van der Waals surface area contributed by atoms with Crippen LogP contribution in [0.25, 0.3) is 0 Å². The standard InChI is InChI=1S/C14H20F3N/c1-9-6-7-10(13(2,3)4)8-11(9)12(18-5)14(15,16)17/h6-8,12,18H,1-5H3. The summed E-state index contributed by atoms with van der Waals surface area (Å²) in [5, 5.41) is 2.35. The van der Waals surface area contributed by atoms with Gasteiger partial charge in [0.1, 0.15) is 6.04 Å². The molecule has 0 aliphatic rings. The van der Waals surface area contributed by atoms with Crippen LogP contribution in [0.3, 0.4) is 0 Å². The van der Waals surface area contributed by atoms with Crippen molar-refractivity contribution in [3.8, 4) is 0 Å². The number of hydrogen-bond acceptors (Lipinski definition) is 1. The number of nitrogens with one attached hydrogen (secondary N) is 1. The maximum Gasteiger partial charge on any atom is 0.407 e. The highest BCUT2D eigenvalue weighted by atomic mass is 19.4. The van der Waals surface area contributed by atoms with Crippen LogP contribution in [0.15, 0.2) is 18.2 Å². The summed E-state index contributed by atoms with van der Waals surface area (Å²) in [4.78, 5) is 0. The molecule has 0 amide bonds. The SMILES string of the molecule is CNC(c1cc(C(C)(C)C)ccc1C)C(F)(F)F. The van der Waals surface area contributed by atoms with E-state index in [4.69, 9.17) is 0 Å². The Morgan fingerprint density at radius 3 is 2.06 bits per heavy atom. The van der Waals surface area contributed by atoms with Crippen LogP contribution in [0.2, 0.25) is 0 Å². The molecule has 1 aromatic carbocycles. The summed E-state index contributed by atoms with van der Waals surface area (Å²) in [6.45, 7) is 7.67. The molecule has 1 unspecified atom stereocenters. The Hall–Kier alpha value is -1.03. The maximum atomic E-state index is 13.0. The van der Waals surface area contributed by atoms with Gasteiger partial charge in [0, 0.05) is 0 Å². The van der Waals surface area contributed by atoms with E-state index in [9.17, 15) is 13.2 Å². The first-order chi connectivity index (χ1) is 8.07. The van der Waals surface area contributed by atoms with E-state index < -0.39 is 12.2 Å². The average molecular weight is 259 g/mol. The molecule has 18 heavy (non-hydrogen) atoms. The zero-order valence-corrected chi connectivity index (χ0v) is 11.4. The molecule has 0 bridgehead atoms. The lowest BCUT2D eigenvalue weighted by Crippen LogP contribution is -2.32. The molecule has 0 fully saturated rings. The molecule has 1 rings (SSSR count). The third-order valence-corrected chi connectivity index (χ3v) is 3.07. The highest BCUT2D eigenvalue weighted by Gasteiger charge is 2.40. The minimum absolute atomic E-state index is 0.160. The van der Waals surface area contributed by atoms with E-state index in [0.717, 1.165) is 5.56 Å². The Morgan fingerprint density at radius 2 is 1.67 bits per heavy atom. The largest absolute Gasteiger partial charge is 0.407 e. The summed E-state index contributed by atoms with van der Waals surface area (Å²) in [7, 11) is 1.33. The molecular weight excluding hydrogens is 239 g/mol. The Balaban J connectivity index is 3.31. The van der Waals surface area contributed by atoms with Gasteiger partial charge in [0.2, 0.25) is 0 Å². The Labute approximate surface area is 106 Å². The third kappa shape index (κ3) is 3.25. The second kappa shape index (κ2) is 4.92. The molecule has 0 aliphatic heterocycles. The summed E-state index contributed by atoms with van der Waals surface area (Å²) < 4.78 is 38.9. The molecule has 0 saturated heterocycles. The number of aryl methyl sites for hydroxylation is 1. The summed E-state index contributed by atoms with van der Waals surface area (Å²) >= 11 is 0. The van der Waals surface area contributed by atoms with Gasteiger partial charge in [-0.25, -0.2) is 0 Å². The fourth-order valence-corrected chi connectivity index (χ4v) is 1.91. The lowest BCUT2D eigenvalue weighted by Gasteiger charge is -2.25. The smallest absolute Gasteiger partial charge is 0.306 e. The second-order valence-corrected chi connectivity index (χ2v) is 5.58. The van der Waals surface area contributed by atoms with E-state index in [-0.39, 0.29) is 5.41 Å². The summed E-state index contributed by atoms with van der Waals surface area (Å²) in [5.74, 6) is 0. The number of halogens is 3. The van der Waals surface area contributed by atoms with Crippen molar-refractivity contribution in [1.82, 2.24) is 5.32 Å². The minimum atomic E-state index is -4.28. The molecule has 0 spiro atoms. The zero-order valence-electron chi connectivity index (χ0n) is 11.4. The van der Waals surface area contributed by atoms with E-state index in [1.165, 1.54) is 7.05 Å². The number of benzene rings is 1. The van der Waals surface area contributed by atoms with Crippen molar-refractivity contribution in [2.75, 3.05) is 7.05 Å². The Bertz CT molecular complexity index is 416. The van der Waals surface area contributed by atoms with E-state index in [2.05, 4.69) is 5.32 Å². The van der Waals surface area contributed by atoms with Crippen LogP contribution < -0.4 is 5.32 Å². The van der Waals surface area contributed by atoms with Crippen LogP contribution in [0, 0.1) is 6.92 Å². The second-order valence-electron chi connectivity index (χ2n) is 5.58. The van der Waals surface area contributed by atoms with E-state index in [1.54, 1.807) is 19.1 Å². The molecule has 0 aliphatic carbocycles. The van der Waals surface area contributed by atoms with E-state index in [0.29, 0.717) is 11.1 Å². The van der Waals surface area contributed by atoms with E-state index in [1.807, 2.05) is 26.8 Å². The van der Waals surface area contributed by atoms with Crippen molar-refractivity contribution in [3.63, 3.8) is 0 Å². The van der Waals surface area contributed by atoms with Crippen molar-refractivity contribution in [3.05, 3.63) is 34.9 Å². The van der Waals surface area contributed by atoms with Gasteiger partial charge in [-0.2, -0.15) is 13.2 Å². The van der Waals surface area contributed by atoms with Crippen LogP contribution in [-0.2, 0) is 5.41 Å². The van der Waals surface area contributed by atoms with Gasteiger partial charge in [0.15, 0.2) is 0 Å². The van der Waals surface area contributed by atoms with Gasteiger partial charge in [-0.1, -0.05) is 39.0 Å². The van der Waals surface area contributed by atoms with Gasteiger partial charge >= 0.3 is 6.18 Å². The fourth-order valence-electron chi connectivity index (χ4n) is 1.91. The van der Waals surface area contributed by atoms with Crippen molar-refractivity contribution in [2.24, 2.45) is 0 Å². The third-order valence-electron chi connectivity index (χ3n) is 3.07. The first-order valence-electron chi connectivity index (χ1n) is 5.92. The number of hydrogen-bond donors (Lipinski definition) is 1. The topological polar surface area (TPSA) is 12.0 Å². The van der Waals surface area contributed by atoms with Crippen LogP contribution in [-0.4, -0.2) is 13.2 Å². The van der Waals surface area contributed by atoms with Gasteiger partial charge in [0.05, 0.1) is 0 Å². The van der Waals surface area contributed by atoms with E-state index >= 15 is 0 Å². The van der Waals surface area contributed by atoms with Gasteiger partial charge in [-0.15, -0.1) is 0 Å². The van der Waals surface area contributed by atoms with Crippen LogP contribution >= 0.6 is 0 Å². The molecule has 1 N–H and O–H groups in total. The minimum Gasteiger partial charge on any atom is -0.306 e. The van der Waals surface area contributed by atoms with Crippen molar-refractivity contribution in [1.29, 1.82) is 0 Å². The molecule has 102 valence electrons. The molecule has 4 heteroatoms. The van der Waals surface area contributed by atoms with Crippen LogP contribution in [0.5, 0.6) is 0 Å². The summed E-state index contributed by atoms with van der Waals surface area (Å²) in [6, 6.07) is 3.69. The van der Waals surface area contributed by atoms with Gasteiger partial charge in [0.25, 0.3) is 0 Å². The normalized spacial score (nSPS) is 14.7.